The van der Waals surface area contributed by atoms with Crippen LogP contribution in [0.3, 0.4) is 0 Å². The molecule has 1 aromatic heterocycles. The van der Waals surface area contributed by atoms with Crippen molar-refractivity contribution in [3.63, 3.8) is 0 Å². The second-order valence-corrected chi connectivity index (χ2v) is 6.94. The van der Waals surface area contributed by atoms with Gasteiger partial charge in [-0.2, -0.15) is 0 Å². The number of hydrogen-bond donors (Lipinski definition) is 0. The van der Waals surface area contributed by atoms with Crippen molar-refractivity contribution in [1.82, 2.24) is 4.98 Å². The number of amides is 2. The monoisotopic (exact) mass is 300 g/mol. The number of allylic oxidation sites excluding steroid dienone is 2. The molecule has 2 heterocycles. The summed E-state index contributed by atoms with van der Waals surface area (Å²) in [5.41, 5.74) is 0. The quantitative estimate of drug-likeness (QED) is 0.590. The summed E-state index contributed by atoms with van der Waals surface area (Å²) in [5.74, 6) is 1.52. The first-order valence-electron chi connectivity index (χ1n) is 7.34. The molecule has 3 fully saturated rings. The van der Waals surface area contributed by atoms with E-state index >= 15 is 0 Å². The molecular weight excluding hydrogens is 288 g/mol. The van der Waals surface area contributed by atoms with E-state index in [1.54, 1.807) is 12.1 Å². The molecule has 5 heteroatoms. The molecule has 6 rings (SSSR count). The molecule has 0 radical (unpaired) electrons. The lowest BCUT2D eigenvalue weighted by atomic mass is 9.63. The van der Waals surface area contributed by atoms with Crippen LogP contribution in [0.4, 0.5) is 5.82 Å². The summed E-state index contributed by atoms with van der Waals surface area (Å²) in [6.45, 7) is 0. The van der Waals surface area contributed by atoms with Gasteiger partial charge in [-0.05, 0) is 36.2 Å². The summed E-state index contributed by atoms with van der Waals surface area (Å²) in [7, 11) is 0. The maximum absolute atomic E-state index is 12.8. The summed E-state index contributed by atoms with van der Waals surface area (Å²) in [4.78, 5) is 31.0. The largest absolute Gasteiger partial charge is 0.274 e. The minimum Gasteiger partial charge on any atom is -0.274 e. The standard InChI is InChI=1S/C16H13ClN2O2/c17-7-3-4-18-12(5-7)19-15(20)13-8-1-2-9(11-6-10(8)11)14(13)16(19)21/h1-5,8-11,13-14H,6H2/t8-,9-,10-,11-,13+,14+/m1/s1. The minimum atomic E-state index is -0.183. The second-order valence-electron chi connectivity index (χ2n) is 6.50. The Labute approximate surface area is 126 Å². The maximum atomic E-state index is 12.8. The highest BCUT2D eigenvalue weighted by molar-refractivity contribution is 6.31. The molecule has 2 bridgehead atoms. The molecule has 5 aliphatic rings. The molecule has 21 heavy (non-hydrogen) atoms. The lowest BCUT2D eigenvalue weighted by Crippen LogP contribution is -2.40. The third-order valence-corrected chi connectivity index (χ3v) is 5.83. The zero-order chi connectivity index (χ0) is 14.3. The Bertz CT molecular complexity index is 680. The van der Waals surface area contributed by atoms with Crippen molar-refractivity contribution in [3.8, 4) is 0 Å². The number of carbonyl (C=O) groups is 2. The predicted molar refractivity (Wildman–Crippen MR) is 76.4 cm³/mol. The van der Waals surface area contributed by atoms with Crippen LogP contribution in [0, 0.1) is 35.5 Å². The smallest absolute Gasteiger partial charge is 0.239 e. The van der Waals surface area contributed by atoms with Gasteiger partial charge in [0.1, 0.15) is 5.82 Å². The van der Waals surface area contributed by atoms with Gasteiger partial charge in [0.05, 0.1) is 11.8 Å². The zero-order valence-corrected chi connectivity index (χ0v) is 11.9. The van der Waals surface area contributed by atoms with E-state index in [-0.39, 0.29) is 35.5 Å². The molecule has 1 aromatic rings. The molecule has 0 N–H and O–H groups in total. The first-order chi connectivity index (χ1) is 10.2. The van der Waals surface area contributed by atoms with E-state index in [2.05, 4.69) is 17.1 Å². The fourth-order valence-corrected chi connectivity index (χ4v) is 4.85. The Kier molecular flexibility index (Phi) is 2.12. The maximum Gasteiger partial charge on any atom is 0.239 e. The zero-order valence-electron chi connectivity index (χ0n) is 11.1. The third-order valence-electron chi connectivity index (χ3n) is 5.60. The van der Waals surface area contributed by atoms with Gasteiger partial charge >= 0.3 is 0 Å². The van der Waals surface area contributed by atoms with Gasteiger partial charge in [-0.3, -0.25) is 9.59 Å². The third kappa shape index (κ3) is 1.39. The topological polar surface area (TPSA) is 50.3 Å². The van der Waals surface area contributed by atoms with Crippen LogP contribution in [-0.2, 0) is 9.59 Å². The molecule has 2 amide bonds. The van der Waals surface area contributed by atoms with Crippen LogP contribution in [-0.4, -0.2) is 16.8 Å². The Morgan fingerprint density at radius 3 is 2.29 bits per heavy atom. The van der Waals surface area contributed by atoms with Crippen LogP contribution in [0.25, 0.3) is 0 Å². The van der Waals surface area contributed by atoms with Crippen molar-refractivity contribution in [3.05, 3.63) is 35.5 Å². The molecule has 2 saturated carbocycles. The average Bonchev–Trinajstić information content (AvgIpc) is 3.24. The van der Waals surface area contributed by atoms with Crippen molar-refractivity contribution in [2.24, 2.45) is 35.5 Å². The van der Waals surface area contributed by atoms with E-state index in [1.807, 2.05) is 0 Å². The highest BCUT2D eigenvalue weighted by Crippen LogP contribution is 2.65. The van der Waals surface area contributed by atoms with Gasteiger partial charge in [0.25, 0.3) is 0 Å². The summed E-state index contributed by atoms with van der Waals surface area (Å²) in [6.07, 6.45) is 7.04. The van der Waals surface area contributed by atoms with Gasteiger partial charge in [-0.1, -0.05) is 23.8 Å². The van der Waals surface area contributed by atoms with Crippen LogP contribution in [0.2, 0.25) is 5.02 Å². The number of halogens is 1. The van der Waals surface area contributed by atoms with Crippen LogP contribution in [0.5, 0.6) is 0 Å². The van der Waals surface area contributed by atoms with E-state index < -0.39 is 0 Å². The fourth-order valence-electron chi connectivity index (χ4n) is 4.70. The van der Waals surface area contributed by atoms with Crippen LogP contribution >= 0.6 is 11.6 Å². The molecule has 1 aliphatic heterocycles. The van der Waals surface area contributed by atoms with Crippen LogP contribution in [0.15, 0.2) is 30.5 Å². The number of rotatable bonds is 1. The second kappa shape index (κ2) is 3.74. The number of aromatic nitrogens is 1. The number of hydrogen-bond acceptors (Lipinski definition) is 3. The Hall–Kier alpha value is -1.68. The lowest BCUT2D eigenvalue weighted by molar-refractivity contribution is -0.124. The van der Waals surface area contributed by atoms with E-state index in [4.69, 9.17) is 11.6 Å². The van der Waals surface area contributed by atoms with Gasteiger partial charge < -0.3 is 0 Å². The summed E-state index contributed by atoms with van der Waals surface area (Å²) in [5, 5.41) is 0.486. The first kappa shape index (κ1) is 11.9. The molecule has 1 saturated heterocycles. The highest BCUT2D eigenvalue weighted by Gasteiger charge is 2.67. The Morgan fingerprint density at radius 1 is 1.10 bits per heavy atom. The first-order valence-corrected chi connectivity index (χ1v) is 7.72. The normalized spacial score (nSPS) is 42.2. The van der Waals surface area contributed by atoms with Crippen molar-refractivity contribution in [1.29, 1.82) is 0 Å². The molecule has 106 valence electrons. The number of pyridine rings is 1. The minimum absolute atomic E-state index is 0.0931. The van der Waals surface area contributed by atoms with Crippen molar-refractivity contribution in [2.75, 3.05) is 4.90 Å². The Morgan fingerprint density at radius 2 is 1.71 bits per heavy atom. The van der Waals surface area contributed by atoms with Crippen LogP contribution in [0.1, 0.15) is 6.42 Å². The molecule has 6 atom stereocenters. The van der Waals surface area contributed by atoms with Crippen molar-refractivity contribution < 1.29 is 9.59 Å². The van der Waals surface area contributed by atoms with Crippen molar-refractivity contribution in [2.45, 2.75) is 6.42 Å². The average molecular weight is 301 g/mol. The summed E-state index contributed by atoms with van der Waals surface area (Å²) in [6, 6.07) is 3.23. The number of carbonyl (C=O) groups excluding carboxylic acids is 2. The van der Waals surface area contributed by atoms with Gasteiger partial charge in [-0.25, -0.2) is 9.88 Å². The molecular formula is C16H13ClN2O2. The van der Waals surface area contributed by atoms with Crippen molar-refractivity contribution >= 4 is 29.2 Å². The fraction of sp³-hybridized carbons (Fsp3) is 0.438. The molecule has 4 aliphatic carbocycles. The van der Waals surface area contributed by atoms with Gasteiger partial charge in [0.2, 0.25) is 11.8 Å². The predicted octanol–water partition coefficient (Wildman–Crippen LogP) is 2.29. The summed E-state index contributed by atoms with van der Waals surface area (Å²) >= 11 is 5.97. The van der Waals surface area contributed by atoms with Gasteiger partial charge in [-0.15, -0.1) is 0 Å². The van der Waals surface area contributed by atoms with E-state index in [0.29, 0.717) is 22.7 Å². The summed E-state index contributed by atoms with van der Waals surface area (Å²) < 4.78 is 0. The number of anilines is 1. The Balaban J connectivity index is 1.60. The van der Waals surface area contributed by atoms with E-state index in [1.165, 1.54) is 17.5 Å². The molecule has 0 spiro atoms. The molecule has 4 nitrogen and oxygen atoms in total. The SMILES string of the molecule is O=C1[C@H]2[C@@H]3C=C[C@H]([C@H]4C[C@H]34)[C@@H]2C(=O)N1c1cc(Cl)ccn1. The van der Waals surface area contributed by atoms with Crippen LogP contribution < -0.4 is 4.90 Å². The van der Waals surface area contributed by atoms with Gasteiger partial charge in [0.15, 0.2) is 0 Å². The molecule has 0 unspecified atom stereocenters. The van der Waals surface area contributed by atoms with E-state index in [0.717, 1.165) is 0 Å². The van der Waals surface area contributed by atoms with E-state index in [9.17, 15) is 9.59 Å². The number of imide groups is 1. The molecule has 0 aromatic carbocycles. The van der Waals surface area contributed by atoms with Gasteiger partial charge in [0, 0.05) is 17.3 Å². The highest BCUT2D eigenvalue weighted by atomic mass is 35.5. The number of nitrogens with zero attached hydrogens (tertiary/aromatic N) is 2. The lowest BCUT2D eigenvalue weighted by Gasteiger charge is -2.37.